The predicted octanol–water partition coefficient (Wildman–Crippen LogP) is 1.54. The van der Waals surface area contributed by atoms with Gasteiger partial charge >= 0.3 is 0 Å². The van der Waals surface area contributed by atoms with Gasteiger partial charge in [0.15, 0.2) is 5.96 Å². The molecule has 7 heteroatoms. The van der Waals surface area contributed by atoms with Gasteiger partial charge in [-0.05, 0) is 12.3 Å². The summed E-state index contributed by atoms with van der Waals surface area (Å²) in [6.07, 6.45) is 8.81. The maximum absolute atomic E-state index is 5.83. The average Bonchev–Trinajstić information content (AvgIpc) is 3.18. The van der Waals surface area contributed by atoms with Gasteiger partial charge in [0.1, 0.15) is 0 Å². The van der Waals surface area contributed by atoms with Gasteiger partial charge in [0, 0.05) is 72.2 Å². The quantitative estimate of drug-likeness (QED) is 0.660. The van der Waals surface area contributed by atoms with Gasteiger partial charge in [0.05, 0.1) is 18.0 Å². The summed E-state index contributed by atoms with van der Waals surface area (Å²) < 4.78 is 13.5. The lowest BCUT2D eigenvalue weighted by Crippen LogP contribution is -2.54. The Balaban J connectivity index is 1.62. The second kappa shape index (κ2) is 8.19. The van der Waals surface area contributed by atoms with Gasteiger partial charge < -0.3 is 24.3 Å². The highest BCUT2D eigenvalue weighted by Gasteiger charge is 2.34. The minimum Gasteiger partial charge on any atom is -0.381 e. The van der Waals surface area contributed by atoms with Crippen molar-refractivity contribution in [1.29, 1.82) is 0 Å². The summed E-state index contributed by atoms with van der Waals surface area (Å²) in [5, 5.41) is 3.55. The molecule has 0 radical (unpaired) electrons. The lowest BCUT2D eigenvalue weighted by atomic mass is 9.93. The van der Waals surface area contributed by atoms with Crippen molar-refractivity contribution in [2.75, 3.05) is 47.0 Å². The Morgan fingerprint density at radius 2 is 2.24 bits per heavy atom. The molecule has 0 spiro atoms. The topological polar surface area (TPSA) is 63.9 Å². The number of ether oxygens (including phenoxy) is 2. The molecule has 0 aliphatic carbocycles. The maximum atomic E-state index is 5.83. The van der Waals surface area contributed by atoms with E-state index in [2.05, 4.69) is 37.9 Å². The first-order chi connectivity index (χ1) is 12.2. The number of hydrogen-bond donors (Lipinski definition) is 1. The molecule has 3 rings (SSSR count). The molecule has 0 bridgehead atoms. The van der Waals surface area contributed by atoms with Gasteiger partial charge in [0.25, 0.3) is 0 Å². The Bertz CT molecular complexity index is 554. The first kappa shape index (κ1) is 18.2. The van der Waals surface area contributed by atoms with Gasteiger partial charge in [-0.3, -0.25) is 4.99 Å². The molecule has 2 atom stereocenters. The monoisotopic (exact) mass is 349 g/mol. The van der Waals surface area contributed by atoms with E-state index in [1.807, 2.05) is 19.6 Å². The largest absolute Gasteiger partial charge is 0.381 e. The number of rotatable bonds is 4. The van der Waals surface area contributed by atoms with Crippen LogP contribution in [0.4, 0.5) is 0 Å². The highest BCUT2D eigenvalue weighted by atomic mass is 16.5. The number of guanidine groups is 1. The number of piperidine rings is 1. The standard InChI is InChI=1S/C18H31N5O2/c1-15-4-8-22(12-16(15)23-9-7-20-14-23)17(19-2)21-13-18(24-3)5-10-25-11-6-18/h7,9,14-16H,4-6,8,10-13H2,1-3H3,(H,19,21). The molecule has 0 saturated carbocycles. The van der Waals surface area contributed by atoms with E-state index in [-0.39, 0.29) is 5.60 Å². The fourth-order valence-electron chi connectivity index (χ4n) is 3.86. The van der Waals surface area contributed by atoms with Crippen molar-refractivity contribution in [1.82, 2.24) is 19.8 Å². The summed E-state index contributed by atoms with van der Waals surface area (Å²) in [7, 11) is 3.66. The Morgan fingerprint density at radius 3 is 2.88 bits per heavy atom. The van der Waals surface area contributed by atoms with Crippen LogP contribution in [0.1, 0.15) is 32.2 Å². The molecular formula is C18H31N5O2. The first-order valence-electron chi connectivity index (χ1n) is 9.23. The molecule has 1 aromatic rings. The van der Waals surface area contributed by atoms with E-state index in [4.69, 9.17) is 9.47 Å². The molecule has 1 N–H and O–H groups in total. The third kappa shape index (κ3) is 4.15. The van der Waals surface area contributed by atoms with E-state index in [1.165, 1.54) is 0 Å². The number of methoxy groups -OCH3 is 1. The van der Waals surface area contributed by atoms with Crippen molar-refractivity contribution in [3.05, 3.63) is 18.7 Å². The second-order valence-corrected chi connectivity index (χ2v) is 7.19. The second-order valence-electron chi connectivity index (χ2n) is 7.19. The van der Waals surface area contributed by atoms with E-state index in [0.29, 0.717) is 12.0 Å². The molecular weight excluding hydrogens is 318 g/mol. The summed E-state index contributed by atoms with van der Waals surface area (Å²) >= 11 is 0. The molecule has 2 aliphatic heterocycles. The van der Waals surface area contributed by atoms with Crippen molar-refractivity contribution in [3.63, 3.8) is 0 Å². The van der Waals surface area contributed by atoms with Crippen LogP contribution in [0.3, 0.4) is 0 Å². The number of likely N-dealkylation sites (tertiary alicyclic amines) is 1. The zero-order valence-electron chi connectivity index (χ0n) is 15.6. The van der Waals surface area contributed by atoms with Crippen molar-refractivity contribution in [3.8, 4) is 0 Å². The van der Waals surface area contributed by atoms with Crippen molar-refractivity contribution < 1.29 is 9.47 Å². The number of aromatic nitrogens is 2. The minimum atomic E-state index is -0.152. The van der Waals surface area contributed by atoms with Crippen LogP contribution in [0.2, 0.25) is 0 Å². The fraction of sp³-hybridized carbons (Fsp3) is 0.778. The van der Waals surface area contributed by atoms with E-state index < -0.39 is 0 Å². The molecule has 140 valence electrons. The maximum Gasteiger partial charge on any atom is 0.193 e. The molecule has 2 saturated heterocycles. The summed E-state index contributed by atoms with van der Waals surface area (Å²) in [5.74, 6) is 1.59. The molecule has 3 heterocycles. The Labute approximate surface area is 150 Å². The molecule has 2 unspecified atom stereocenters. The van der Waals surface area contributed by atoms with Crippen LogP contribution < -0.4 is 5.32 Å². The number of aliphatic imine (C=N–C) groups is 1. The molecule has 2 aliphatic rings. The molecule has 1 aromatic heterocycles. The van der Waals surface area contributed by atoms with Crippen LogP contribution in [-0.4, -0.2) is 73.0 Å². The first-order valence-corrected chi connectivity index (χ1v) is 9.23. The number of nitrogens with zero attached hydrogens (tertiary/aromatic N) is 4. The number of imidazole rings is 1. The molecule has 0 amide bonds. The predicted molar refractivity (Wildman–Crippen MR) is 97.8 cm³/mol. The third-order valence-electron chi connectivity index (χ3n) is 5.74. The molecule has 25 heavy (non-hydrogen) atoms. The van der Waals surface area contributed by atoms with Gasteiger partial charge in [-0.15, -0.1) is 0 Å². The number of nitrogens with one attached hydrogen (secondary N) is 1. The van der Waals surface area contributed by atoms with E-state index in [0.717, 1.165) is 58.1 Å². The minimum absolute atomic E-state index is 0.152. The summed E-state index contributed by atoms with van der Waals surface area (Å²) in [4.78, 5) is 11.1. The van der Waals surface area contributed by atoms with Crippen LogP contribution in [0.5, 0.6) is 0 Å². The summed E-state index contributed by atoms with van der Waals surface area (Å²) in [6, 6.07) is 0.425. The Morgan fingerprint density at radius 1 is 1.44 bits per heavy atom. The van der Waals surface area contributed by atoms with Crippen LogP contribution in [0.25, 0.3) is 0 Å². The van der Waals surface area contributed by atoms with Crippen LogP contribution >= 0.6 is 0 Å². The van der Waals surface area contributed by atoms with Gasteiger partial charge in [-0.2, -0.15) is 0 Å². The third-order valence-corrected chi connectivity index (χ3v) is 5.74. The van der Waals surface area contributed by atoms with Crippen LogP contribution in [-0.2, 0) is 9.47 Å². The van der Waals surface area contributed by atoms with Crippen LogP contribution in [0.15, 0.2) is 23.7 Å². The van der Waals surface area contributed by atoms with E-state index in [9.17, 15) is 0 Å². The van der Waals surface area contributed by atoms with Crippen molar-refractivity contribution in [2.45, 2.75) is 37.8 Å². The highest BCUT2D eigenvalue weighted by molar-refractivity contribution is 5.80. The molecule has 0 aromatic carbocycles. The van der Waals surface area contributed by atoms with E-state index >= 15 is 0 Å². The van der Waals surface area contributed by atoms with E-state index in [1.54, 1.807) is 7.11 Å². The van der Waals surface area contributed by atoms with Gasteiger partial charge in [-0.25, -0.2) is 4.98 Å². The average molecular weight is 349 g/mol. The normalized spacial score (nSPS) is 27.3. The molecule has 7 nitrogen and oxygen atoms in total. The van der Waals surface area contributed by atoms with Crippen LogP contribution in [0, 0.1) is 5.92 Å². The number of hydrogen-bond acceptors (Lipinski definition) is 4. The zero-order chi connectivity index (χ0) is 17.7. The van der Waals surface area contributed by atoms with Crippen molar-refractivity contribution in [2.24, 2.45) is 10.9 Å². The smallest absolute Gasteiger partial charge is 0.193 e. The van der Waals surface area contributed by atoms with Gasteiger partial charge in [0.2, 0.25) is 0 Å². The Kier molecular flexibility index (Phi) is 5.96. The lowest BCUT2D eigenvalue weighted by Gasteiger charge is -2.41. The van der Waals surface area contributed by atoms with Crippen molar-refractivity contribution >= 4 is 5.96 Å². The SMILES string of the molecule is CN=C(NCC1(OC)CCOCC1)N1CCC(C)C(n2ccnc2)C1. The summed E-state index contributed by atoms with van der Waals surface area (Å²) in [6.45, 7) is 6.58. The molecule has 2 fully saturated rings. The lowest BCUT2D eigenvalue weighted by molar-refractivity contribution is -0.0858. The fourth-order valence-corrected chi connectivity index (χ4v) is 3.86. The summed E-state index contributed by atoms with van der Waals surface area (Å²) in [5.41, 5.74) is -0.152. The highest BCUT2D eigenvalue weighted by Crippen LogP contribution is 2.28. The Hall–Kier alpha value is -1.60. The zero-order valence-corrected chi connectivity index (χ0v) is 15.6. The van der Waals surface area contributed by atoms with Gasteiger partial charge in [-0.1, -0.05) is 6.92 Å².